The maximum Gasteiger partial charge on any atom is 0.191 e. The minimum absolute atomic E-state index is 0. The van der Waals surface area contributed by atoms with Gasteiger partial charge in [-0.25, -0.2) is 0 Å². The third-order valence-corrected chi connectivity index (χ3v) is 2.93. The monoisotopic (exact) mass is 406 g/mol. The Bertz CT molecular complexity index is 426. The van der Waals surface area contributed by atoms with E-state index in [1.807, 2.05) is 12.4 Å². The van der Waals surface area contributed by atoms with Crippen molar-refractivity contribution in [3.8, 4) is 0 Å². The van der Waals surface area contributed by atoms with E-state index >= 15 is 0 Å². The number of rotatable bonds is 7. The highest BCUT2D eigenvalue weighted by molar-refractivity contribution is 14.0. The molecule has 0 aromatic carbocycles. The predicted molar refractivity (Wildman–Crippen MR) is 98.5 cm³/mol. The van der Waals surface area contributed by atoms with Crippen molar-refractivity contribution in [3.63, 3.8) is 0 Å². The summed E-state index contributed by atoms with van der Waals surface area (Å²) in [6.45, 7) is 8.47. The summed E-state index contributed by atoms with van der Waals surface area (Å²) in [5, 5.41) is 6.57. The third-order valence-electron chi connectivity index (χ3n) is 2.93. The van der Waals surface area contributed by atoms with Gasteiger partial charge in [0.1, 0.15) is 0 Å². The summed E-state index contributed by atoms with van der Waals surface area (Å²) in [5.74, 6) is 0.837. The van der Waals surface area contributed by atoms with Crippen molar-refractivity contribution in [2.45, 2.75) is 33.2 Å². The lowest BCUT2D eigenvalue weighted by molar-refractivity contribution is 0.179. The SMILES string of the molecule is CCNC(=NCCc1ccncc1C)NC(C)COC.I. The summed E-state index contributed by atoms with van der Waals surface area (Å²) in [6.07, 6.45) is 4.64. The fourth-order valence-corrected chi connectivity index (χ4v) is 1.92. The van der Waals surface area contributed by atoms with Gasteiger partial charge in [0.2, 0.25) is 0 Å². The fourth-order valence-electron chi connectivity index (χ4n) is 1.92. The van der Waals surface area contributed by atoms with Gasteiger partial charge in [-0.05, 0) is 44.4 Å². The van der Waals surface area contributed by atoms with Crippen molar-refractivity contribution in [1.29, 1.82) is 0 Å². The van der Waals surface area contributed by atoms with Crippen molar-refractivity contribution < 1.29 is 4.74 Å². The quantitative estimate of drug-likeness (QED) is 0.414. The number of ether oxygens (including phenoxy) is 1. The molecule has 0 amide bonds. The average Bonchev–Trinajstić information content (AvgIpc) is 2.41. The van der Waals surface area contributed by atoms with Gasteiger partial charge in [0.25, 0.3) is 0 Å². The zero-order valence-electron chi connectivity index (χ0n) is 13.3. The highest BCUT2D eigenvalue weighted by Gasteiger charge is 2.04. The Balaban J connectivity index is 0.00000400. The van der Waals surface area contributed by atoms with Gasteiger partial charge in [0.05, 0.1) is 6.61 Å². The Morgan fingerprint density at radius 3 is 2.86 bits per heavy atom. The first-order valence-electron chi connectivity index (χ1n) is 7.10. The molecule has 120 valence electrons. The minimum Gasteiger partial charge on any atom is -0.383 e. The van der Waals surface area contributed by atoms with E-state index < -0.39 is 0 Å². The van der Waals surface area contributed by atoms with Gasteiger partial charge in [-0.1, -0.05) is 0 Å². The molecule has 5 nitrogen and oxygen atoms in total. The number of nitrogens with one attached hydrogen (secondary N) is 2. The van der Waals surface area contributed by atoms with E-state index in [2.05, 4.69) is 47.4 Å². The van der Waals surface area contributed by atoms with Gasteiger partial charge in [0, 0.05) is 38.6 Å². The standard InChI is InChI=1S/C15H26N4O.HI/c1-5-17-15(19-13(3)11-20-4)18-9-7-14-6-8-16-10-12(14)2;/h6,8,10,13H,5,7,9,11H2,1-4H3,(H2,17,18,19);1H. The second-order valence-corrected chi connectivity index (χ2v) is 4.81. The van der Waals surface area contributed by atoms with Gasteiger partial charge in [-0.15, -0.1) is 24.0 Å². The Morgan fingerprint density at radius 2 is 2.24 bits per heavy atom. The molecule has 1 aromatic heterocycles. The summed E-state index contributed by atoms with van der Waals surface area (Å²) in [7, 11) is 1.70. The summed E-state index contributed by atoms with van der Waals surface area (Å²) in [4.78, 5) is 8.69. The zero-order valence-corrected chi connectivity index (χ0v) is 15.7. The van der Waals surface area contributed by atoms with Crippen LogP contribution in [0.25, 0.3) is 0 Å². The topological polar surface area (TPSA) is 58.5 Å². The van der Waals surface area contributed by atoms with Crippen molar-refractivity contribution >= 4 is 29.9 Å². The average molecular weight is 406 g/mol. The lowest BCUT2D eigenvalue weighted by atomic mass is 10.1. The number of aliphatic imine (C=N–C) groups is 1. The number of nitrogens with zero attached hydrogens (tertiary/aromatic N) is 2. The summed E-state index contributed by atoms with van der Waals surface area (Å²) >= 11 is 0. The van der Waals surface area contributed by atoms with E-state index in [1.54, 1.807) is 7.11 Å². The van der Waals surface area contributed by atoms with Crippen LogP contribution in [0.5, 0.6) is 0 Å². The van der Waals surface area contributed by atoms with Crippen molar-refractivity contribution in [1.82, 2.24) is 15.6 Å². The summed E-state index contributed by atoms with van der Waals surface area (Å²) in [5.41, 5.74) is 2.51. The normalized spacial score (nSPS) is 12.5. The molecule has 1 heterocycles. The second-order valence-electron chi connectivity index (χ2n) is 4.81. The number of pyridine rings is 1. The van der Waals surface area contributed by atoms with Crippen molar-refractivity contribution in [2.75, 3.05) is 26.8 Å². The molecule has 21 heavy (non-hydrogen) atoms. The van der Waals surface area contributed by atoms with Crippen LogP contribution in [-0.2, 0) is 11.2 Å². The molecule has 0 spiro atoms. The van der Waals surface area contributed by atoms with Crippen LogP contribution >= 0.6 is 24.0 Å². The van der Waals surface area contributed by atoms with Crippen LogP contribution in [0, 0.1) is 6.92 Å². The number of aromatic nitrogens is 1. The van der Waals surface area contributed by atoms with E-state index in [9.17, 15) is 0 Å². The van der Waals surface area contributed by atoms with Crippen LogP contribution < -0.4 is 10.6 Å². The maximum absolute atomic E-state index is 5.12. The largest absolute Gasteiger partial charge is 0.383 e. The Hall–Kier alpha value is -0.890. The number of methoxy groups -OCH3 is 1. The molecule has 0 saturated carbocycles. The number of hydrogen-bond acceptors (Lipinski definition) is 3. The number of aryl methyl sites for hydroxylation is 1. The van der Waals surface area contributed by atoms with Crippen LogP contribution in [0.1, 0.15) is 25.0 Å². The number of hydrogen-bond donors (Lipinski definition) is 2. The Morgan fingerprint density at radius 1 is 1.48 bits per heavy atom. The van der Waals surface area contributed by atoms with E-state index in [4.69, 9.17) is 4.74 Å². The van der Waals surface area contributed by atoms with Gasteiger partial charge in [-0.2, -0.15) is 0 Å². The zero-order chi connectivity index (χ0) is 14.8. The molecule has 0 aliphatic rings. The van der Waals surface area contributed by atoms with Crippen molar-refractivity contribution in [2.24, 2.45) is 4.99 Å². The molecule has 1 unspecified atom stereocenters. The second kappa shape index (κ2) is 11.7. The van der Waals surface area contributed by atoms with Crippen LogP contribution in [0.2, 0.25) is 0 Å². The molecule has 1 rings (SSSR count). The number of halogens is 1. The van der Waals surface area contributed by atoms with Crippen LogP contribution in [0.15, 0.2) is 23.5 Å². The van der Waals surface area contributed by atoms with E-state index in [0.717, 1.165) is 25.5 Å². The highest BCUT2D eigenvalue weighted by Crippen LogP contribution is 2.05. The van der Waals surface area contributed by atoms with Gasteiger partial charge < -0.3 is 15.4 Å². The molecule has 0 fully saturated rings. The first-order valence-corrected chi connectivity index (χ1v) is 7.10. The number of guanidine groups is 1. The van der Waals surface area contributed by atoms with E-state index in [-0.39, 0.29) is 30.0 Å². The molecular formula is C15H27IN4O. The molecule has 2 N–H and O–H groups in total. The molecule has 0 radical (unpaired) electrons. The van der Waals surface area contributed by atoms with Gasteiger partial charge in [0.15, 0.2) is 5.96 Å². The molecule has 6 heteroatoms. The lowest BCUT2D eigenvalue weighted by Gasteiger charge is -2.17. The Labute approximate surface area is 145 Å². The fraction of sp³-hybridized carbons (Fsp3) is 0.600. The third kappa shape index (κ3) is 8.21. The van der Waals surface area contributed by atoms with Crippen LogP contribution in [-0.4, -0.2) is 43.8 Å². The Kier molecular flexibility index (Phi) is 11.2. The van der Waals surface area contributed by atoms with Gasteiger partial charge >= 0.3 is 0 Å². The predicted octanol–water partition coefficient (Wildman–Crippen LogP) is 2.14. The molecule has 1 atom stereocenters. The van der Waals surface area contributed by atoms with E-state index in [0.29, 0.717) is 6.61 Å². The smallest absolute Gasteiger partial charge is 0.191 e. The molecule has 0 aliphatic carbocycles. The van der Waals surface area contributed by atoms with E-state index in [1.165, 1.54) is 11.1 Å². The first-order chi connectivity index (χ1) is 9.67. The lowest BCUT2D eigenvalue weighted by Crippen LogP contribution is -2.44. The highest BCUT2D eigenvalue weighted by atomic mass is 127. The van der Waals surface area contributed by atoms with Crippen LogP contribution in [0.4, 0.5) is 0 Å². The first kappa shape index (κ1) is 20.1. The summed E-state index contributed by atoms with van der Waals surface area (Å²) in [6, 6.07) is 2.29. The minimum atomic E-state index is 0. The maximum atomic E-state index is 5.12. The molecule has 1 aromatic rings. The molecule has 0 saturated heterocycles. The molecule has 0 aliphatic heterocycles. The van der Waals surface area contributed by atoms with Crippen molar-refractivity contribution in [3.05, 3.63) is 29.6 Å². The van der Waals surface area contributed by atoms with Gasteiger partial charge in [-0.3, -0.25) is 9.98 Å². The molecular weight excluding hydrogens is 379 g/mol. The summed E-state index contributed by atoms with van der Waals surface area (Å²) < 4.78 is 5.12. The molecule has 0 bridgehead atoms. The van der Waals surface area contributed by atoms with Crippen LogP contribution in [0.3, 0.4) is 0 Å².